The average Bonchev–Trinajstić information content (AvgIpc) is 2.84. The SMILES string of the molecule is CC.CC(=N)/C(NC(=O)OC(C)c1ccccc1Cl)=C(\P)c1ccc(-c2ccc(O)cc2)cc1. The molecule has 2 unspecified atom stereocenters. The molecule has 0 radical (unpaired) electrons. The van der Waals surface area contributed by atoms with Crippen LogP contribution in [0.4, 0.5) is 4.79 Å². The van der Waals surface area contributed by atoms with Crippen molar-refractivity contribution in [2.75, 3.05) is 0 Å². The van der Waals surface area contributed by atoms with Crippen LogP contribution in [0.25, 0.3) is 16.4 Å². The number of benzene rings is 3. The summed E-state index contributed by atoms with van der Waals surface area (Å²) >= 11 is 6.18. The first kappa shape index (κ1) is 27.1. The van der Waals surface area contributed by atoms with Crippen molar-refractivity contribution < 1.29 is 14.6 Å². The fourth-order valence-corrected chi connectivity index (χ4v) is 3.93. The second-order valence-corrected chi connectivity index (χ2v) is 8.22. The first-order valence-corrected chi connectivity index (χ1v) is 11.9. The van der Waals surface area contributed by atoms with Crippen LogP contribution >= 0.6 is 20.8 Å². The maximum absolute atomic E-state index is 12.5. The van der Waals surface area contributed by atoms with Gasteiger partial charge in [0.1, 0.15) is 11.9 Å². The van der Waals surface area contributed by atoms with Gasteiger partial charge in [0.25, 0.3) is 0 Å². The van der Waals surface area contributed by atoms with Gasteiger partial charge in [-0.2, -0.15) is 0 Å². The van der Waals surface area contributed by atoms with Crippen molar-refractivity contribution in [2.45, 2.75) is 33.8 Å². The number of amides is 1. The molecule has 5 nitrogen and oxygen atoms in total. The number of hydrogen-bond donors (Lipinski definition) is 3. The van der Waals surface area contributed by atoms with E-state index < -0.39 is 12.2 Å². The molecule has 3 aromatic rings. The van der Waals surface area contributed by atoms with Crippen molar-refractivity contribution in [3.05, 3.63) is 94.6 Å². The topological polar surface area (TPSA) is 82.4 Å². The predicted molar refractivity (Wildman–Crippen MR) is 144 cm³/mol. The van der Waals surface area contributed by atoms with Gasteiger partial charge in [-0.25, -0.2) is 4.79 Å². The van der Waals surface area contributed by atoms with E-state index in [0.717, 1.165) is 16.7 Å². The Morgan fingerprint density at radius 1 is 1.00 bits per heavy atom. The zero-order valence-corrected chi connectivity index (χ0v) is 21.6. The number of ether oxygens (including phenoxy) is 1. The van der Waals surface area contributed by atoms with Crippen LogP contribution in [-0.2, 0) is 4.74 Å². The van der Waals surface area contributed by atoms with Crippen molar-refractivity contribution in [2.24, 2.45) is 0 Å². The molecule has 0 spiro atoms. The van der Waals surface area contributed by atoms with E-state index in [-0.39, 0.29) is 11.5 Å². The van der Waals surface area contributed by atoms with E-state index in [2.05, 4.69) is 14.6 Å². The molecule has 0 aliphatic heterocycles. The van der Waals surface area contributed by atoms with Crippen molar-refractivity contribution in [3.8, 4) is 16.9 Å². The summed E-state index contributed by atoms with van der Waals surface area (Å²) in [6.07, 6.45) is -1.21. The van der Waals surface area contributed by atoms with Crippen molar-refractivity contribution >= 4 is 38.0 Å². The van der Waals surface area contributed by atoms with Gasteiger partial charge >= 0.3 is 6.09 Å². The molecule has 0 aliphatic carbocycles. The van der Waals surface area contributed by atoms with E-state index >= 15 is 0 Å². The molecule has 0 fully saturated rings. The lowest BCUT2D eigenvalue weighted by atomic mass is 10.0. The standard InChI is InChI=1S/C25H24ClN2O3P.C2H6/c1-15(27)23(28-25(30)31-16(2)21-5-3-4-6-22(21)26)24(32)19-9-7-17(8-10-19)18-11-13-20(29)14-12-18;1-2/h3-14,16,27,29H,32H2,1-2H3,(H,28,30);1-2H3/b24-23+,27-15?;. The van der Waals surface area contributed by atoms with Gasteiger partial charge in [-0.1, -0.05) is 80.0 Å². The Balaban J connectivity index is 0.00000199. The Morgan fingerprint density at radius 2 is 1.53 bits per heavy atom. The number of nitrogens with one attached hydrogen (secondary N) is 2. The molecule has 0 heterocycles. The lowest BCUT2D eigenvalue weighted by Gasteiger charge is -2.18. The Morgan fingerprint density at radius 3 is 2.06 bits per heavy atom. The monoisotopic (exact) mass is 496 g/mol. The summed E-state index contributed by atoms with van der Waals surface area (Å²) in [5.74, 6) is 0.216. The smallest absolute Gasteiger partial charge is 0.412 e. The Hall–Kier alpha value is -3.14. The van der Waals surface area contributed by atoms with Crippen LogP contribution in [0.2, 0.25) is 5.02 Å². The number of aromatic hydroxyl groups is 1. The van der Waals surface area contributed by atoms with E-state index in [1.54, 1.807) is 38.1 Å². The Labute approximate surface area is 208 Å². The van der Waals surface area contributed by atoms with Crippen LogP contribution in [0.1, 0.15) is 44.9 Å². The third-order valence-electron chi connectivity index (χ3n) is 4.89. The molecule has 34 heavy (non-hydrogen) atoms. The summed E-state index contributed by atoms with van der Waals surface area (Å²) in [6.45, 7) is 7.34. The minimum Gasteiger partial charge on any atom is -0.508 e. The summed E-state index contributed by atoms with van der Waals surface area (Å²) in [6, 6.07) is 21.8. The summed E-state index contributed by atoms with van der Waals surface area (Å²) in [5, 5.41) is 21.4. The highest BCUT2D eigenvalue weighted by molar-refractivity contribution is 7.31. The first-order valence-electron chi connectivity index (χ1n) is 10.9. The number of hydrogen-bond acceptors (Lipinski definition) is 4. The largest absolute Gasteiger partial charge is 0.508 e. The highest BCUT2D eigenvalue weighted by atomic mass is 35.5. The molecular formula is C27H30ClN2O3P. The van der Waals surface area contributed by atoms with E-state index in [1.165, 1.54) is 0 Å². The molecule has 2 atom stereocenters. The van der Waals surface area contributed by atoms with Crippen LogP contribution in [0.15, 0.2) is 78.5 Å². The predicted octanol–water partition coefficient (Wildman–Crippen LogP) is 7.81. The summed E-state index contributed by atoms with van der Waals surface area (Å²) in [5.41, 5.74) is 4.04. The molecule has 7 heteroatoms. The molecule has 3 aromatic carbocycles. The zero-order valence-electron chi connectivity index (χ0n) is 19.7. The summed E-state index contributed by atoms with van der Waals surface area (Å²) in [7, 11) is 2.59. The summed E-state index contributed by atoms with van der Waals surface area (Å²) in [4.78, 5) is 12.5. The van der Waals surface area contributed by atoms with E-state index in [4.69, 9.17) is 21.7 Å². The number of carbonyl (C=O) groups is 1. The maximum Gasteiger partial charge on any atom is 0.412 e. The fraction of sp³-hybridized carbons (Fsp3) is 0.185. The van der Waals surface area contributed by atoms with Crippen molar-refractivity contribution in [1.29, 1.82) is 5.41 Å². The van der Waals surface area contributed by atoms with Gasteiger partial charge in [0.15, 0.2) is 0 Å². The van der Waals surface area contributed by atoms with E-state index in [9.17, 15) is 9.90 Å². The van der Waals surface area contributed by atoms with Gasteiger partial charge in [-0.05, 0) is 48.7 Å². The molecule has 0 aromatic heterocycles. The van der Waals surface area contributed by atoms with Gasteiger partial charge < -0.3 is 15.3 Å². The first-order chi connectivity index (χ1) is 16.3. The van der Waals surface area contributed by atoms with Gasteiger partial charge in [0, 0.05) is 15.9 Å². The quantitative estimate of drug-likeness (QED) is 0.240. The zero-order chi connectivity index (χ0) is 25.3. The number of alkyl carbamates (subject to hydrolysis) is 1. The lowest BCUT2D eigenvalue weighted by Crippen LogP contribution is -2.28. The minimum atomic E-state index is -0.667. The van der Waals surface area contributed by atoms with Crippen LogP contribution in [0.3, 0.4) is 0 Å². The maximum atomic E-state index is 12.5. The lowest BCUT2D eigenvalue weighted by molar-refractivity contribution is 0.110. The van der Waals surface area contributed by atoms with E-state index in [1.807, 2.05) is 62.4 Å². The second-order valence-electron chi connectivity index (χ2n) is 7.23. The van der Waals surface area contributed by atoms with Gasteiger partial charge in [0.2, 0.25) is 0 Å². The third-order valence-corrected chi connectivity index (χ3v) is 5.86. The number of rotatable bonds is 6. The molecule has 3 N–H and O–H groups in total. The third kappa shape index (κ3) is 7.18. The van der Waals surface area contributed by atoms with Crippen LogP contribution < -0.4 is 5.32 Å². The number of phenolic OH excluding ortho intramolecular Hbond substituents is 1. The molecule has 3 rings (SSSR count). The highest BCUT2D eigenvalue weighted by Gasteiger charge is 2.17. The molecule has 1 amide bonds. The fourth-order valence-electron chi connectivity index (χ4n) is 3.16. The van der Waals surface area contributed by atoms with Gasteiger partial charge in [-0.3, -0.25) is 5.32 Å². The second kappa shape index (κ2) is 12.9. The number of carbonyl (C=O) groups excluding carboxylic acids is 1. The number of halogens is 1. The van der Waals surface area contributed by atoms with E-state index in [0.29, 0.717) is 21.6 Å². The van der Waals surface area contributed by atoms with Gasteiger partial charge in [-0.15, -0.1) is 9.24 Å². The van der Waals surface area contributed by atoms with Crippen LogP contribution in [0.5, 0.6) is 5.75 Å². The van der Waals surface area contributed by atoms with Crippen molar-refractivity contribution in [3.63, 3.8) is 0 Å². The minimum absolute atomic E-state index is 0.194. The molecule has 0 bridgehead atoms. The van der Waals surface area contributed by atoms with Crippen LogP contribution in [0, 0.1) is 5.41 Å². The Bertz CT molecular complexity index is 1160. The highest BCUT2D eigenvalue weighted by Crippen LogP contribution is 2.29. The Kier molecular flexibility index (Phi) is 10.3. The molecule has 0 aliphatic rings. The average molecular weight is 497 g/mol. The molecule has 0 saturated carbocycles. The van der Waals surface area contributed by atoms with Gasteiger partial charge in [0.05, 0.1) is 11.4 Å². The van der Waals surface area contributed by atoms with Crippen molar-refractivity contribution in [1.82, 2.24) is 5.32 Å². The number of allylic oxidation sites excluding steroid dienone is 1. The van der Waals surface area contributed by atoms with Crippen LogP contribution in [-0.4, -0.2) is 16.9 Å². The normalized spacial score (nSPS) is 11.9. The number of phenols is 1. The molecule has 178 valence electrons. The molecule has 0 saturated heterocycles. The molecular weight excluding hydrogens is 467 g/mol. The summed E-state index contributed by atoms with van der Waals surface area (Å²) < 4.78 is 5.48.